The van der Waals surface area contributed by atoms with E-state index in [1.165, 1.54) is 21.6 Å². The zero-order valence-corrected chi connectivity index (χ0v) is 20.4. The molecule has 1 aromatic carbocycles. The minimum atomic E-state index is 0.0312. The van der Waals surface area contributed by atoms with Crippen molar-refractivity contribution in [1.29, 1.82) is 0 Å². The van der Waals surface area contributed by atoms with Gasteiger partial charge in [-0.1, -0.05) is 12.1 Å². The highest BCUT2D eigenvalue weighted by Gasteiger charge is 2.19. The summed E-state index contributed by atoms with van der Waals surface area (Å²) in [6, 6.07) is 10.5. The molecule has 1 atom stereocenters. The summed E-state index contributed by atoms with van der Waals surface area (Å²) in [6.07, 6.45) is 1.10. The van der Waals surface area contributed by atoms with E-state index in [0.717, 1.165) is 33.7 Å². The molecule has 0 radical (unpaired) electrons. The van der Waals surface area contributed by atoms with Crippen LogP contribution in [0.4, 0.5) is 0 Å². The monoisotopic (exact) mass is 446 g/mol. The number of aromatic nitrogens is 3. The largest absolute Gasteiger partial charge is 0.349 e. The van der Waals surface area contributed by atoms with Gasteiger partial charge in [-0.05, 0) is 93.8 Å². The third-order valence-electron chi connectivity index (χ3n) is 6.26. The van der Waals surface area contributed by atoms with Crippen LogP contribution < -0.4 is 5.32 Å². The number of pyridine rings is 1. The normalized spacial score (nSPS) is 12.3. The van der Waals surface area contributed by atoms with Crippen LogP contribution in [-0.4, -0.2) is 20.7 Å². The Labute approximate surface area is 193 Å². The van der Waals surface area contributed by atoms with Crippen molar-refractivity contribution in [2.75, 3.05) is 0 Å². The van der Waals surface area contributed by atoms with E-state index in [1.807, 2.05) is 36.9 Å². The maximum absolute atomic E-state index is 12.6. The highest BCUT2D eigenvalue weighted by Crippen LogP contribution is 2.29. The topological polar surface area (TPSA) is 59.8 Å². The molecule has 5 nitrogen and oxygen atoms in total. The summed E-state index contributed by atoms with van der Waals surface area (Å²) in [4.78, 5) is 18.7. The molecule has 4 aromatic rings. The van der Waals surface area contributed by atoms with Crippen molar-refractivity contribution in [1.82, 2.24) is 20.1 Å². The predicted octanol–water partition coefficient (Wildman–Crippen LogP) is 5.83. The first kappa shape index (κ1) is 22.2. The lowest BCUT2D eigenvalue weighted by Gasteiger charge is -2.14. The standard InChI is InChI=1S/C26H30N4OS/c1-15-9-10-21(14-16(15)2)30-26-25(20(6)29-30)17(3)22(18(4)28-26)11-12-24(31)27-19(5)23-8-7-13-32-23/h7-10,13-14,19H,11-12H2,1-6H3,(H,27,31)/t19-/m1/s1. The zero-order chi connectivity index (χ0) is 23.0. The van der Waals surface area contributed by atoms with Gasteiger partial charge in [-0.2, -0.15) is 5.10 Å². The first-order valence-corrected chi connectivity index (χ1v) is 11.9. The van der Waals surface area contributed by atoms with Gasteiger partial charge in [0.1, 0.15) is 0 Å². The molecule has 3 heterocycles. The Kier molecular flexibility index (Phi) is 6.15. The quantitative estimate of drug-likeness (QED) is 0.405. The molecule has 1 amide bonds. The average Bonchev–Trinajstić information content (AvgIpc) is 3.38. The highest BCUT2D eigenvalue weighted by molar-refractivity contribution is 7.10. The minimum Gasteiger partial charge on any atom is -0.349 e. The summed E-state index contributed by atoms with van der Waals surface area (Å²) < 4.78 is 1.94. The second-order valence-electron chi connectivity index (χ2n) is 8.57. The van der Waals surface area contributed by atoms with Crippen molar-refractivity contribution >= 4 is 28.3 Å². The first-order chi connectivity index (χ1) is 15.3. The number of benzene rings is 1. The molecule has 0 bridgehead atoms. The number of amides is 1. The highest BCUT2D eigenvalue weighted by atomic mass is 32.1. The average molecular weight is 447 g/mol. The van der Waals surface area contributed by atoms with Crippen molar-refractivity contribution < 1.29 is 4.79 Å². The molecule has 0 aliphatic heterocycles. The van der Waals surface area contributed by atoms with E-state index in [4.69, 9.17) is 10.1 Å². The number of thiophene rings is 1. The van der Waals surface area contributed by atoms with Crippen molar-refractivity contribution in [2.24, 2.45) is 0 Å². The van der Waals surface area contributed by atoms with E-state index in [2.05, 4.69) is 50.4 Å². The number of hydrogen-bond acceptors (Lipinski definition) is 4. The summed E-state index contributed by atoms with van der Waals surface area (Å²) >= 11 is 1.66. The van der Waals surface area contributed by atoms with Gasteiger partial charge in [-0.25, -0.2) is 9.67 Å². The number of hydrogen-bond donors (Lipinski definition) is 1. The van der Waals surface area contributed by atoms with Gasteiger partial charge < -0.3 is 5.32 Å². The van der Waals surface area contributed by atoms with Gasteiger partial charge >= 0.3 is 0 Å². The van der Waals surface area contributed by atoms with Gasteiger partial charge in [-0.15, -0.1) is 11.3 Å². The van der Waals surface area contributed by atoms with E-state index in [-0.39, 0.29) is 11.9 Å². The molecule has 0 spiro atoms. The molecule has 0 aliphatic carbocycles. The van der Waals surface area contributed by atoms with Crippen LogP contribution in [-0.2, 0) is 11.2 Å². The Morgan fingerprint density at radius 2 is 1.88 bits per heavy atom. The van der Waals surface area contributed by atoms with E-state index in [1.54, 1.807) is 11.3 Å². The summed E-state index contributed by atoms with van der Waals surface area (Å²) in [5.41, 5.74) is 8.61. The molecular weight excluding hydrogens is 416 g/mol. The fourth-order valence-corrected chi connectivity index (χ4v) is 5.01. The number of nitrogens with one attached hydrogen (secondary N) is 1. The summed E-state index contributed by atoms with van der Waals surface area (Å²) in [6.45, 7) is 12.4. The number of carbonyl (C=O) groups excluding carboxylic acids is 1. The fourth-order valence-electron chi connectivity index (χ4n) is 4.27. The number of nitrogens with zero attached hydrogens (tertiary/aromatic N) is 3. The lowest BCUT2D eigenvalue weighted by molar-refractivity contribution is -0.121. The molecule has 0 fully saturated rings. The number of fused-ring (bicyclic) bond motifs is 1. The Bertz CT molecular complexity index is 1290. The van der Waals surface area contributed by atoms with Crippen molar-refractivity contribution in [2.45, 2.75) is 60.4 Å². The molecule has 4 rings (SSSR count). The maximum Gasteiger partial charge on any atom is 0.220 e. The van der Waals surface area contributed by atoms with Gasteiger partial charge in [-0.3, -0.25) is 4.79 Å². The molecule has 32 heavy (non-hydrogen) atoms. The Morgan fingerprint density at radius 3 is 2.56 bits per heavy atom. The summed E-state index contributed by atoms with van der Waals surface area (Å²) in [7, 11) is 0. The van der Waals surface area contributed by atoms with Gasteiger partial charge in [0.25, 0.3) is 0 Å². The van der Waals surface area contributed by atoms with Crippen LogP contribution in [0.15, 0.2) is 35.7 Å². The van der Waals surface area contributed by atoms with Gasteiger partial charge in [0, 0.05) is 22.4 Å². The Hall–Kier alpha value is -2.99. The molecule has 166 valence electrons. The molecule has 3 aromatic heterocycles. The van der Waals surface area contributed by atoms with Crippen LogP contribution in [0.25, 0.3) is 16.7 Å². The number of aryl methyl sites for hydroxylation is 5. The third-order valence-corrected chi connectivity index (χ3v) is 7.31. The van der Waals surface area contributed by atoms with Crippen LogP contribution in [0.3, 0.4) is 0 Å². The molecule has 0 saturated heterocycles. The molecule has 0 unspecified atom stereocenters. The van der Waals surface area contributed by atoms with Gasteiger partial charge in [0.05, 0.1) is 17.4 Å². The van der Waals surface area contributed by atoms with E-state index in [0.29, 0.717) is 12.8 Å². The Balaban J connectivity index is 1.60. The summed E-state index contributed by atoms with van der Waals surface area (Å²) in [5, 5.41) is 11.0. The molecule has 6 heteroatoms. The number of carbonyl (C=O) groups is 1. The van der Waals surface area contributed by atoms with Crippen molar-refractivity contribution in [3.63, 3.8) is 0 Å². The SMILES string of the molecule is Cc1ccc(-n2nc(C)c3c(C)c(CCC(=O)N[C@H](C)c4cccs4)c(C)nc32)cc1C. The van der Waals surface area contributed by atoms with Crippen LogP contribution >= 0.6 is 11.3 Å². The van der Waals surface area contributed by atoms with E-state index >= 15 is 0 Å². The first-order valence-electron chi connectivity index (χ1n) is 11.0. The predicted molar refractivity (Wildman–Crippen MR) is 132 cm³/mol. The van der Waals surface area contributed by atoms with Crippen LogP contribution in [0.2, 0.25) is 0 Å². The van der Waals surface area contributed by atoms with Gasteiger partial charge in [0.2, 0.25) is 5.91 Å². The summed E-state index contributed by atoms with van der Waals surface area (Å²) in [5.74, 6) is 0.0624. The second-order valence-corrected chi connectivity index (χ2v) is 9.55. The van der Waals surface area contributed by atoms with E-state index < -0.39 is 0 Å². The van der Waals surface area contributed by atoms with E-state index in [9.17, 15) is 4.79 Å². The minimum absolute atomic E-state index is 0.0312. The molecule has 0 aliphatic rings. The second kappa shape index (κ2) is 8.87. The molecular formula is C26H30N4OS. The van der Waals surface area contributed by atoms with Crippen LogP contribution in [0.5, 0.6) is 0 Å². The Morgan fingerprint density at radius 1 is 1.09 bits per heavy atom. The lowest BCUT2D eigenvalue weighted by Crippen LogP contribution is -2.26. The van der Waals surface area contributed by atoms with Crippen molar-refractivity contribution in [3.8, 4) is 5.69 Å². The fraction of sp³-hybridized carbons (Fsp3) is 0.346. The zero-order valence-electron chi connectivity index (χ0n) is 19.6. The smallest absolute Gasteiger partial charge is 0.220 e. The number of rotatable bonds is 6. The third kappa shape index (κ3) is 4.19. The molecule has 1 N–H and O–H groups in total. The maximum atomic E-state index is 12.6. The molecule has 0 saturated carbocycles. The van der Waals surface area contributed by atoms with Crippen LogP contribution in [0.1, 0.15) is 57.9 Å². The van der Waals surface area contributed by atoms with Gasteiger partial charge in [0.15, 0.2) is 5.65 Å². The van der Waals surface area contributed by atoms with Crippen LogP contribution in [0, 0.1) is 34.6 Å². The van der Waals surface area contributed by atoms with Crippen molar-refractivity contribution in [3.05, 3.63) is 74.2 Å². The lowest BCUT2D eigenvalue weighted by atomic mass is 9.99.